The van der Waals surface area contributed by atoms with Gasteiger partial charge in [-0.2, -0.15) is 0 Å². The van der Waals surface area contributed by atoms with Gasteiger partial charge >= 0.3 is 0 Å². The van der Waals surface area contributed by atoms with Gasteiger partial charge in [0.15, 0.2) is 0 Å². The highest BCUT2D eigenvalue weighted by atomic mass is 32.2. The van der Waals surface area contributed by atoms with Gasteiger partial charge in [0.2, 0.25) is 0 Å². The topological polar surface area (TPSA) is 49.3 Å². The van der Waals surface area contributed by atoms with E-state index in [4.69, 9.17) is 7.85 Å². The summed E-state index contributed by atoms with van der Waals surface area (Å²) in [4.78, 5) is -0.0569. The normalized spacial score (nSPS) is 27.6. The summed E-state index contributed by atoms with van der Waals surface area (Å²) in [6, 6.07) is 3.86. The molecule has 1 unspecified atom stereocenters. The van der Waals surface area contributed by atoms with E-state index in [9.17, 15) is 13.7 Å². The number of halogens is 1. The largest absolute Gasteiger partial charge is 0.354 e. The van der Waals surface area contributed by atoms with Crippen LogP contribution in [-0.4, -0.2) is 27.8 Å². The maximum Gasteiger partial charge on any atom is 0.140 e. The first kappa shape index (κ1) is 11.6. The summed E-state index contributed by atoms with van der Waals surface area (Å²) in [7, 11) is 2.39. The Hall–Kier alpha value is -0.845. The monoisotopic (exact) mass is 239 g/mol. The minimum Gasteiger partial charge on any atom is -0.354 e. The Bertz CT molecular complexity index is 576. The van der Waals surface area contributed by atoms with Crippen molar-refractivity contribution in [3.05, 3.63) is 24.0 Å². The lowest BCUT2D eigenvalue weighted by Gasteiger charge is -2.39. The van der Waals surface area contributed by atoms with E-state index in [1.54, 1.807) is 13.8 Å². The molecule has 0 aromatic heterocycles. The van der Waals surface area contributed by atoms with Crippen LogP contribution in [0.4, 0.5) is 4.39 Å². The van der Waals surface area contributed by atoms with Gasteiger partial charge in [0.25, 0.3) is 0 Å². The van der Waals surface area contributed by atoms with Crippen molar-refractivity contribution in [1.29, 1.82) is 0 Å². The summed E-state index contributed by atoms with van der Waals surface area (Å²) in [5, 5.41) is 9.49. The van der Waals surface area contributed by atoms with Gasteiger partial charge in [-0.15, -0.1) is 0 Å². The highest BCUT2D eigenvalue weighted by molar-refractivity contribution is 8.02. The molecule has 0 fully saturated rings. The Morgan fingerprint density at radius 3 is 2.56 bits per heavy atom. The number of rotatable bonds is 1. The Morgan fingerprint density at radius 2 is 2.12 bits per heavy atom. The van der Waals surface area contributed by atoms with E-state index in [-0.39, 0.29) is 15.4 Å². The van der Waals surface area contributed by atoms with Crippen molar-refractivity contribution >= 4 is 28.1 Å². The highest BCUT2D eigenvalue weighted by Crippen LogP contribution is 2.27. The third-order valence-electron chi connectivity index (χ3n) is 2.47. The van der Waals surface area contributed by atoms with Gasteiger partial charge in [-0.05, 0) is 26.0 Å². The molecule has 84 valence electrons. The van der Waals surface area contributed by atoms with Crippen molar-refractivity contribution < 1.29 is 13.7 Å². The maximum atomic E-state index is 13.6. The molecule has 1 aromatic carbocycles. The van der Waals surface area contributed by atoms with E-state index >= 15 is 0 Å². The lowest BCUT2D eigenvalue weighted by molar-refractivity contribution is 0.442. The predicted molar refractivity (Wildman–Crippen MR) is 63.0 cm³/mol. The Balaban J connectivity index is 2.65. The van der Waals surface area contributed by atoms with Gasteiger partial charge in [-0.3, -0.25) is 0 Å². The van der Waals surface area contributed by atoms with Crippen molar-refractivity contribution in [1.82, 2.24) is 4.72 Å². The number of benzene rings is 1. The summed E-state index contributed by atoms with van der Waals surface area (Å²) >= 11 is 0. The van der Waals surface area contributed by atoms with E-state index in [0.29, 0.717) is 0 Å². The van der Waals surface area contributed by atoms with Crippen LogP contribution in [0, 0.1) is 5.82 Å². The molecule has 0 bridgehead atoms. The van der Waals surface area contributed by atoms with Gasteiger partial charge in [0.1, 0.15) is 18.7 Å². The number of hydrogen-bond acceptors (Lipinski definition) is 1. The van der Waals surface area contributed by atoms with Gasteiger partial charge in [0.05, 0.1) is 20.1 Å². The van der Waals surface area contributed by atoms with Crippen molar-refractivity contribution in [2.45, 2.75) is 24.3 Å². The quantitative estimate of drug-likeness (QED) is 0.545. The Morgan fingerprint density at radius 1 is 1.50 bits per heavy atom. The fourth-order valence-corrected chi connectivity index (χ4v) is 4.11. The average molecular weight is 239 g/mol. The molecule has 16 heavy (non-hydrogen) atoms. The van der Waals surface area contributed by atoms with Crippen LogP contribution in [0.25, 0.3) is 0 Å². The fourth-order valence-electron chi connectivity index (χ4n) is 1.67. The second kappa shape index (κ2) is 3.32. The van der Waals surface area contributed by atoms with Gasteiger partial charge in [-0.25, -0.2) is 13.3 Å². The van der Waals surface area contributed by atoms with Crippen LogP contribution in [0.2, 0.25) is 0 Å². The minimum atomic E-state index is -3.01. The van der Waals surface area contributed by atoms with Crippen LogP contribution >= 0.6 is 0 Å². The van der Waals surface area contributed by atoms with E-state index in [1.165, 1.54) is 12.1 Å². The third kappa shape index (κ3) is 1.49. The number of nitrogens with one attached hydrogen (secondary N) is 1. The minimum absolute atomic E-state index is 0.0569. The zero-order valence-corrected chi connectivity index (χ0v) is 9.77. The van der Waals surface area contributed by atoms with Crippen LogP contribution < -0.4 is 10.2 Å². The number of aliphatic hydroxyl groups excluding tert-OH is 1. The van der Waals surface area contributed by atoms with Gasteiger partial charge < -0.3 is 5.11 Å². The molecule has 1 aromatic rings. The summed E-state index contributed by atoms with van der Waals surface area (Å²) in [6.07, 6.45) is 0. The summed E-state index contributed by atoms with van der Waals surface area (Å²) < 4.78 is 28.5. The molecule has 3 nitrogen and oxygen atoms in total. The van der Waals surface area contributed by atoms with Gasteiger partial charge in [-0.1, -0.05) is 11.5 Å². The molecule has 1 aliphatic rings. The average Bonchev–Trinajstić information content (AvgIpc) is 2.16. The molecule has 0 saturated carbocycles. The maximum absolute atomic E-state index is 13.6. The van der Waals surface area contributed by atoms with Crippen LogP contribution in [0.5, 0.6) is 0 Å². The first-order valence-corrected chi connectivity index (χ1v) is 6.28. The van der Waals surface area contributed by atoms with Crippen LogP contribution in [0.1, 0.15) is 13.8 Å². The fraction of sp³-hybridized carbons (Fsp3) is 0.300. The first-order valence-electron chi connectivity index (χ1n) is 4.72. The van der Waals surface area contributed by atoms with Crippen LogP contribution in [-0.2, 0) is 9.71 Å². The lowest BCUT2D eigenvalue weighted by Crippen LogP contribution is -2.63. The van der Waals surface area contributed by atoms with E-state index in [2.05, 4.69) is 4.72 Å². The molecule has 2 N–H and O–H groups in total. The third-order valence-corrected chi connectivity index (χ3v) is 5.27. The zero-order chi connectivity index (χ0) is 12.1. The molecule has 1 heterocycles. The molecular weight excluding hydrogens is 228 g/mol. The smallest absolute Gasteiger partial charge is 0.140 e. The van der Waals surface area contributed by atoms with Crippen molar-refractivity contribution in [2.24, 2.45) is 0 Å². The second-order valence-electron chi connectivity index (χ2n) is 4.28. The van der Waals surface area contributed by atoms with Crippen molar-refractivity contribution in [3.8, 4) is 0 Å². The van der Waals surface area contributed by atoms with Crippen molar-refractivity contribution in [3.63, 3.8) is 0 Å². The number of aliphatic hydroxyl groups is 1. The molecule has 1 atom stereocenters. The first-order chi connectivity index (χ1) is 7.27. The molecule has 1 aliphatic heterocycles. The van der Waals surface area contributed by atoms with E-state index in [0.717, 1.165) is 6.07 Å². The predicted octanol–water partition coefficient (Wildman–Crippen LogP) is 0.247. The SMILES string of the molecule is [B]c1ccc(S2(=O)=C(O)C(C)(C)N2)c(F)c1. The highest BCUT2D eigenvalue weighted by Gasteiger charge is 2.43. The van der Waals surface area contributed by atoms with Gasteiger partial charge in [0, 0.05) is 0 Å². The molecule has 0 aliphatic carbocycles. The van der Waals surface area contributed by atoms with Crippen LogP contribution in [0.3, 0.4) is 0 Å². The standard InChI is InChI=1S/C10H11BFNO2S/c1-10(2)9(14)16(15,13-10)8-4-3-6(11)5-7(8)12/h3-5,14H,1-2H3,(H,13,15). The summed E-state index contributed by atoms with van der Waals surface area (Å²) in [5.41, 5.74) is -0.493. The Labute approximate surface area is 95.2 Å². The molecule has 0 saturated heterocycles. The summed E-state index contributed by atoms with van der Waals surface area (Å²) in [5.74, 6) is -0.681. The second-order valence-corrected chi connectivity index (χ2v) is 6.42. The summed E-state index contributed by atoms with van der Waals surface area (Å²) in [6.45, 7) is 3.33. The molecule has 0 amide bonds. The van der Waals surface area contributed by atoms with Crippen LogP contribution in [0.15, 0.2) is 23.1 Å². The Kier molecular flexibility index (Phi) is 2.42. The lowest BCUT2D eigenvalue weighted by atomic mass is 9.97. The molecule has 2 rings (SSSR count). The molecule has 2 radical (unpaired) electrons. The molecule has 0 spiro atoms. The molecule has 6 heteroatoms. The number of hydrogen-bond donors (Lipinski definition) is 2. The zero-order valence-electron chi connectivity index (χ0n) is 8.95. The van der Waals surface area contributed by atoms with Crippen molar-refractivity contribution in [2.75, 3.05) is 0 Å². The molecular formula is C10H11BFNO2S. The van der Waals surface area contributed by atoms with E-state index in [1.807, 2.05) is 0 Å². The van der Waals surface area contributed by atoms with E-state index < -0.39 is 21.1 Å².